The number of aliphatic hydroxyl groups excluding tert-OH is 2. The number of benzene rings is 3. The second kappa shape index (κ2) is 11.3. The molecule has 11 heteroatoms. The second-order valence-electron chi connectivity index (χ2n) is 10.6. The van der Waals surface area contributed by atoms with Gasteiger partial charge in [0.25, 0.3) is 0 Å². The molecule has 0 radical (unpaired) electrons. The van der Waals surface area contributed by atoms with Gasteiger partial charge in [-0.1, -0.05) is 54.6 Å². The fourth-order valence-corrected chi connectivity index (χ4v) is 5.77. The van der Waals surface area contributed by atoms with E-state index >= 15 is 0 Å². The molecule has 0 amide bonds. The van der Waals surface area contributed by atoms with Crippen molar-refractivity contribution in [2.24, 2.45) is 0 Å². The molecule has 1 fully saturated rings. The van der Waals surface area contributed by atoms with E-state index in [1.165, 1.54) is 19.6 Å². The molecule has 2 aromatic heterocycles. The Morgan fingerprint density at radius 3 is 2.00 bits per heavy atom. The fourth-order valence-electron chi connectivity index (χ4n) is 5.77. The zero-order valence-electron chi connectivity index (χ0n) is 24.0. The molecule has 3 aromatic carbocycles. The number of hydrogen-bond acceptors (Lipinski definition) is 10. The third-order valence-electron chi connectivity index (χ3n) is 8.10. The van der Waals surface area contributed by atoms with Gasteiger partial charge in [-0.3, -0.25) is 4.57 Å². The number of imidazole rings is 1. The summed E-state index contributed by atoms with van der Waals surface area (Å²) >= 11 is 0. The maximum atomic E-state index is 11.1. The van der Waals surface area contributed by atoms with E-state index in [0.717, 1.165) is 28.2 Å². The van der Waals surface area contributed by atoms with Crippen molar-refractivity contribution in [3.63, 3.8) is 0 Å². The van der Waals surface area contributed by atoms with Gasteiger partial charge in [0, 0.05) is 0 Å². The monoisotopic (exact) mass is 583 g/mol. The summed E-state index contributed by atoms with van der Waals surface area (Å²) in [7, 11) is 3.25. The highest BCUT2D eigenvalue weighted by molar-refractivity contribution is 5.84. The first kappa shape index (κ1) is 28.6. The van der Waals surface area contributed by atoms with Gasteiger partial charge in [0.2, 0.25) is 0 Å². The van der Waals surface area contributed by atoms with Crippen LogP contribution >= 0.6 is 0 Å². The first-order valence-electron chi connectivity index (χ1n) is 13.8. The molecular formula is C32H33N5O6. The average molecular weight is 584 g/mol. The lowest BCUT2D eigenvalue weighted by Gasteiger charge is -2.37. The predicted molar refractivity (Wildman–Crippen MR) is 159 cm³/mol. The number of hydrogen-bond donors (Lipinski definition) is 4. The van der Waals surface area contributed by atoms with Gasteiger partial charge in [0.05, 0.1) is 27.2 Å². The molecule has 0 bridgehead atoms. The minimum Gasteiger partial charge on any atom is -0.497 e. The maximum Gasteiger partial charge on any atom is 0.168 e. The largest absolute Gasteiger partial charge is 0.497 e. The molecule has 5 aromatic rings. The lowest BCUT2D eigenvalue weighted by molar-refractivity contribution is -0.0950. The maximum absolute atomic E-state index is 11.1. The quantitative estimate of drug-likeness (QED) is 0.191. The number of ether oxygens (including phenoxy) is 3. The number of nitrogens with zero attached hydrogens (tertiary/aromatic N) is 4. The number of methoxy groups -OCH3 is 2. The van der Waals surface area contributed by atoms with E-state index in [-0.39, 0.29) is 0 Å². The Balaban J connectivity index is 1.54. The number of rotatable bonds is 9. The van der Waals surface area contributed by atoms with E-state index in [1.807, 2.05) is 78.9 Å². The first-order valence-corrected chi connectivity index (χ1v) is 13.8. The normalized spacial score (nSPS) is 22.0. The number of aromatic nitrogens is 4. The summed E-state index contributed by atoms with van der Waals surface area (Å²) in [4.78, 5) is 13.7. The molecule has 43 heavy (non-hydrogen) atoms. The van der Waals surface area contributed by atoms with Crippen LogP contribution in [0.3, 0.4) is 0 Å². The molecule has 4 atom stereocenters. The van der Waals surface area contributed by atoms with Crippen molar-refractivity contribution in [2.75, 3.05) is 26.1 Å². The number of fused-ring (bicyclic) bond motifs is 1. The Morgan fingerprint density at radius 2 is 1.47 bits per heavy atom. The summed E-state index contributed by atoms with van der Waals surface area (Å²) in [5, 5.41) is 35.1. The van der Waals surface area contributed by atoms with Crippen LogP contribution < -0.4 is 14.8 Å². The van der Waals surface area contributed by atoms with Crippen LogP contribution in [0.2, 0.25) is 0 Å². The third-order valence-corrected chi connectivity index (χ3v) is 8.10. The van der Waals surface area contributed by atoms with Crippen molar-refractivity contribution in [1.82, 2.24) is 19.5 Å². The van der Waals surface area contributed by atoms with Crippen molar-refractivity contribution >= 4 is 17.0 Å². The molecule has 0 aliphatic carbocycles. The Kier molecular flexibility index (Phi) is 7.49. The molecule has 4 N–H and O–H groups in total. The Morgan fingerprint density at radius 1 is 0.884 bits per heavy atom. The van der Waals surface area contributed by atoms with Gasteiger partial charge in [-0.25, -0.2) is 15.0 Å². The molecule has 0 spiro atoms. The van der Waals surface area contributed by atoms with Gasteiger partial charge in [0.1, 0.15) is 41.2 Å². The molecule has 11 nitrogen and oxygen atoms in total. The topological polar surface area (TPSA) is 144 Å². The third kappa shape index (κ3) is 4.76. The van der Waals surface area contributed by atoms with Gasteiger partial charge in [-0.2, -0.15) is 0 Å². The Bertz CT molecular complexity index is 1640. The van der Waals surface area contributed by atoms with Crippen LogP contribution in [0.4, 0.5) is 5.82 Å². The molecule has 1 aliphatic rings. The van der Waals surface area contributed by atoms with Crippen molar-refractivity contribution < 1.29 is 29.5 Å². The van der Waals surface area contributed by atoms with E-state index in [9.17, 15) is 15.3 Å². The highest BCUT2D eigenvalue weighted by atomic mass is 16.6. The van der Waals surface area contributed by atoms with Crippen molar-refractivity contribution in [1.29, 1.82) is 0 Å². The van der Waals surface area contributed by atoms with E-state index in [0.29, 0.717) is 17.0 Å². The van der Waals surface area contributed by atoms with Crippen molar-refractivity contribution in [2.45, 2.75) is 36.5 Å². The van der Waals surface area contributed by atoms with Crippen LogP contribution in [0.5, 0.6) is 11.5 Å². The average Bonchev–Trinajstić information content (AvgIpc) is 3.58. The number of anilines is 1. The standard InChI is InChI=1S/C32H33N5O6/c1-31(40)27(39)25(17-38)43-30(31)37-19-35-26-28(33-18-34-29(26)37)36-32(20-7-5-4-6-8-20,21-9-13-23(41-2)14-10-21)22-11-15-24(42-3)16-12-22/h4-16,18-19,25,27,30,38-40H,17H2,1-3H3,(H,33,34,36)/t25-,27+,30-,31?/m1/s1. The van der Waals surface area contributed by atoms with Gasteiger partial charge < -0.3 is 34.8 Å². The molecular weight excluding hydrogens is 550 g/mol. The van der Waals surface area contributed by atoms with E-state index in [1.54, 1.807) is 18.8 Å². The first-order chi connectivity index (χ1) is 20.8. The zero-order valence-corrected chi connectivity index (χ0v) is 24.0. The summed E-state index contributed by atoms with van der Waals surface area (Å²) in [6, 6.07) is 25.6. The smallest absolute Gasteiger partial charge is 0.168 e. The second-order valence-corrected chi connectivity index (χ2v) is 10.6. The van der Waals surface area contributed by atoms with E-state index in [4.69, 9.17) is 14.2 Å². The summed E-state index contributed by atoms with van der Waals surface area (Å²) in [6.45, 7) is 1.00. The minimum absolute atomic E-state index is 0.375. The van der Waals surface area contributed by atoms with Crippen LogP contribution in [0.1, 0.15) is 29.8 Å². The van der Waals surface area contributed by atoms with Gasteiger partial charge in [-0.05, 0) is 47.9 Å². The molecule has 6 rings (SSSR count). The molecule has 1 saturated heterocycles. The molecule has 1 aliphatic heterocycles. The minimum atomic E-state index is -1.71. The number of nitrogens with one attached hydrogen (secondary N) is 1. The highest BCUT2D eigenvalue weighted by Crippen LogP contribution is 2.43. The van der Waals surface area contributed by atoms with Gasteiger partial charge in [0.15, 0.2) is 23.2 Å². The van der Waals surface area contributed by atoms with Crippen molar-refractivity contribution in [3.05, 3.63) is 108 Å². The fraction of sp³-hybridized carbons (Fsp3) is 0.281. The van der Waals surface area contributed by atoms with Crippen LogP contribution in [0, 0.1) is 0 Å². The van der Waals surface area contributed by atoms with Crippen LogP contribution in [0.25, 0.3) is 11.2 Å². The summed E-state index contributed by atoms with van der Waals surface area (Å²) in [5.74, 6) is 1.86. The molecule has 3 heterocycles. The van der Waals surface area contributed by atoms with Crippen LogP contribution in [-0.2, 0) is 10.3 Å². The Hall–Kier alpha value is -4.55. The van der Waals surface area contributed by atoms with Crippen LogP contribution in [0.15, 0.2) is 91.5 Å². The van der Waals surface area contributed by atoms with Crippen LogP contribution in [-0.4, -0.2) is 73.5 Å². The highest BCUT2D eigenvalue weighted by Gasteiger charge is 2.53. The van der Waals surface area contributed by atoms with Gasteiger partial charge >= 0.3 is 0 Å². The SMILES string of the molecule is COc1ccc(C(Nc2ncnc3c2ncn3[C@@H]2O[C@H](CO)[C@H](O)C2(C)O)(c2ccccc2)c2ccc(OC)cc2)cc1. The van der Waals surface area contributed by atoms with E-state index < -0.39 is 36.2 Å². The molecule has 222 valence electrons. The Labute approximate surface area is 248 Å². The van der Waals surface area contributed by atoms with Crippen molar-refractivity contribution in [3.8, 4) is 11.5 Å². The molecule has 0 saturated carbocycles. The van der Waals surface area contributed by atoms with Gasteiger partial charge in [-0.15, -0.1) is 0 Å². The predicted octanol–water partition coefficient (Wildman–Crippen LogP) is 3.25. The van der Waals surface area contributed by atoms with E-state index in [2.05, 4.69) is 20.3 Å². The molecule has 1 unspecified atom stereocenters. The zero-order chi connectivity index (χ0) is 30.2. The number of aliphatic hydroxyl groups is 3. The summed E-state index contributed by atoms with van der Waals surface area (Å²) in [6.07, 6.45) is -0.428. The lowest BCUT2D eigenvalue weighted by atomic mass is 9.77. The lowest BCUT2D eigenvalue weighted by Crippen LogP contribution is -2.44. The summed E-state index contributed by atoms with van der Waals surface area (Å²) in [5.41, 5.74) is 0.884. The summed E-state index contributed by atoms with van der Waals surface area (Å²) < 4.78 is 18.3.